The fourth-order valence-electron chi connectivity index (χ4n) is 7.62. The number of hydrogen-bond acceptors (Lipinski definition) is 5. The van der Waals surface area contributed by atoms with Gasteiger partial charge in [0, 0.05) is 50.9 Å². The Bertz CT molecular complexity index is 1310. The molecule has 1 fully saturated rings. The Morgan fingerprint density at radius 2 is 1.89 bits per heavy atom. The summed E-state index contributed by atoms with van der Waals surface area (Å²) in [4.78, 5) is 20.3. The van der Waals surface area contributed by atoms with E-state index in [1.807, 2.05) is 0 Å². The topological polar surface area (TPSA) is 82.1 Å². The van der Waals surface area contributed by atoms with Crippen LogP contribution in [0.2, 0.25) is 0 Å². The smallest absolute Gasteiger partial charge is 0.303 e. The van der Waals surface area contributed by atoms with E-state index >= 15 is 0 Å². The van der Waals surface area contributed by atoms with Crippen LogP contribution in [-0.2, 0) is 21.4 Å². The molecule has 0 saturated heterocycles. The van der Waals surface area contributed by atoms with E-state index in [-0.39, 0.29) is 11.8 Å². The van der Waals surface area contributed by atoms with Crippen LogP contribution in [0.3, 0.4) is 0 Å². The van der Waals surface area contributed by atoms with Crippen LogP contribution in [-0.4, -0.2) is 68.0 Å². The maximum Gasteiger partial charge on any atom is 0.303 e. The second kappa shape index (κ2) is 9.06. The molecule has 0 radical (unpaired) electrons. The van der Waals surface area contributed by atoms with Crippen LogP contribution in [0.25, 0.3) is 0 Å². The van der Waals surface area contributed by atoms with Gasteiger partial charge in [0.15, 0.2) is 5.82 Å². The summed E-state index contributed by atoms with van der Waals surface area (Å²) in [6.07, 6.45) is 13.9. The van der Waals surface area contributed by atoms with Crippen molar-refractivity contribution in [2.75, 3.05) is 20.6 Å². The number of carbonyl (C=O) groups excluding carboxylic acids is 1. The van der Waals surface area contributed by atoms with E-state index in [0.29, 0.717) is 24.5 Å². The molecule has 37 heavy (non-hydrogen) atoms. The molecule has 8 nitrogen and oxygen atoms in total. The predicted octanol–water partition coefficient (Wildman–Crippen LogP) is 3.47. The van der Waals surface area contributed by atoms with Gasteiger partial charge < -0.3 is 4.90 Å². The van der Waals surface area contributed by atoms with Crippen molar-refractivity contribution in [1.29, 1.82) is 0 Å². The Morgan fingerprint density at radius 3 is 2.65 bits per heavy atom. The first-order valence-corrected chi connectivity index (χ1v) is 15.1. The van der Waals surface area contributed by atoms with E-state index in [1.165, 1.54) is 63.0 Å². The van der Waals surface area contributed by atoms with Crippen LogP contribution in [0.15, 0.2) is 52.9 Å². The molecule has 0 aromatic heterocycles. The van der Waals surface area contributed by atoms with Crippen LogP contribution in [0, 0.1) is 5.92 Å². The van der Waals surface area contributed by atoms with E-state index in [4.69, 9.17) is 4.99 Å². The van der Waals surface area contributed by atoms with E-state index in [9.17, 15) is 13.2 Å². The standard InChI is InChI=1S/C28H37N5O3S/c1-19-13-14-24-22(15-19)26-16-20-9-7-8-12-25(20)33(26,21-10-5-4-6-11-21)18-27-29-23(17-32(24)27)28(34)30-37(35,36)31(2)3/h7-9,12-13,18,21-22,24,26H,4-6,10-11,14-17H2,1-3H3/p+1. The lowest BCUT2D eigenvalue weighted by atomic mass is 9.77. The number of quaternary nitrogens is 1. The van der Waals surface area contributed by atoms with Gasteiger partial charge in [0.1, 0.15) is 23.6 Å². The second-order valence-electron chi connectivity index (χ2n) is 11.6. The van der Waals surface area contributed by atoms with Crippen molar-refractivity contribution in [2.45, 2.75) is 76.4 Å². The largest absolute Gasteiger partial charge is 0.342 e. The number of fused-ring (bicyclic) bond motifs is 7. The predicted molar refractivity (Wildman–Crippen MR) is 146 cm³/mol. The van der Waals surface area contributed by atoms with Gasteiger partial charge in [0.05, 0.1) is 12.6 Å². The molecule has 1 aromatic carbocycles. The third kappa shape index (κ3) is 3.97. The van der Waals surface area contributed by atoms with Gasteiger partial charge in [0.25, 0.3) is 5.91 Å². The third-order valence-electron chi connectivity index (χ3n) is 9.38. The molecule has 198 valence electrons. The molecule has 2 aliphatic carbocycles. The van der Waals surface area contributed by atoms with Gasteiger partial charge in [-0.25, -0.2) is 9.71 Å². The van der Waals surface area contributed by atoms with E-state index in [2.05, 4.69) is 53.1 Å². The molecule has 6 rings (SSSR count). The van der Waals surface area contributed by atoms with Crippen molar-refractivity contribution in [3.05, 3.63) is 53.5 Å². The van der Waals surface area contributed by atoms with Gasteiger partial charge in [0.2, 0.25) is 0 Å². The molecule has 4 atom stereocenters. The van der Waals surface area contributed by atoms with E-state index in [0.717, 1.165) is 33.9 Å². The number of carbonyl (C=O) groups is 1. The number of hydrogen-bond donors (Lipinski definition) is 1. The molecule has 3 heterocycles. The molecule has 9 heteroatoms. The van der Waals surface area contributed by atoms with Crippen molar-refractivity contribution in [3.63, 3.8) is 0 Å². The highest BCUT2D eigenvalue weighted by Crippen LogP contribution is 2.53. The van der Waals surface area contributed by atoms with Crippen molar-refractivity contribution in [3.8, 4) is 0 Å². The highest BCUT2D eigenvalue weighted by Gasteiger charge is 2.58. The van der Waals surface area contributed by atoms with Crippen molar-refractivity contribution < 1.29 is 13.2 Å². The van der Waals surface area contributed by atoms with Crippen molar-refractivity contribution in [2.24, 2.45) is 10.9 Å². The first-order chi connectivity index (χ1) is 17.7. The Labute approximate surface area is 220 Å². The molecule has 0 bridgehead atoms. The molecule has 1 N–H and O–H groups in total. The summed E-state index contributed by atoms with van der Waals surface area (Å²) >= 11 is 0. The Balaban J connectivity index is 1.50. The molecule has 1 aromatic rings. The zero-order chi connectivity index (χ0) is 25.9. The first kappa shape index (κ1) is 24.8. The average molecular weight is 525 g/mol. The summed E-state index contributed by atoms with van der Waals surface area (Å²) < 4.78 is 28.8. The lowest BCUT2D eigenvalue weighted by Gasteiger charge is -2.48. The lowest BCUT2D eigenvalue weighted by Crippen LogP contribution is -2.61. The molecule has 4 unspecified atom stereocenters. The zero-order valence-corrected chi connectivity index (χ0v) is 22.9. The summed E-state index contributed by atoms with van der Waals surface area (Å²) in [7, 11) is -1.07. The Kier molecular flexibility index (Phi) is 6.08. The monoisotopic (exact) mass is 524 g/mol. The zero-order valence-electron chi connectivity index (χ0n) is 22.1. The summed E-state index contributed by atoms with van der Waals surface area (Å²) in [6, 6.07) is 10.1. The van der Waals surface area contributed by atoms with Gasteiger partial charge in [-0.2, -0.15) is 12.7 Å². The van der Waals surface area contributed by atoms with Crippen molar-refractivity contribution in [1.82, 2.24) is 18.4 Å². The number of nitrogens with zero attached hydrogens (tertiary/aromatic N) is 4. The number of allylic oxidation sites excluding steroid dienone is 1. The Morgan fingerprint density at radius 1 is 1.14 bits per heavy atom. The quantitative estimate of drug-likeness (QED) is 0.483. The van der Waals surface area contributed by atoms with Gasteiger partial charge in [-0.1, -0.05) is 36.3 Å². The van der Waals surface area contributed by atoms with E-state index in [1.54, 1.807) is 0 Å². The second-order valence-corrected chi connectivity index (χ2v) is 13.5. The molecular weight excluding hydrogens is 486 g/mol. The first-order valence-electron chi connectivity index (χ1n) is 13.6. The molecule has 0 spiro atoms. The molecule has 1 saturated carbocycles. The number of amides is 1. The number of para-hydroxylation sites is 1. The van der Waals surface area contributed by atoms with Gasteiger partial charge >= 0.3 is 10.2 Å². The summed E-state index contributed by atoms with van der Waals surface area (Å²) in [5.74, 6) is 0.626. The van der Waals surface area contributed by atoms with Gasteiger partial charge in [-0.15, -0.1) is 0 Å². The minimum absolute atomic E-state index is 0.234. The van der Waals surface area contributed by atoms with Crippen LogP contribution >= 0.6 is 0 Å². The fourth-order valence-corrected chi connectivity index (χ4v) is 8.16. The molecule has 5 aliphatic rings. The molecule has 1 amide bonds. The highest BCUT2D eigenvalue weighted by molar-refractivity contribution is 7.87. The normalized spacial score (nSPS) is 31.4. The number of aliphatic imine (C=N–C) groups is 1. The minimum Gasteiger partial charge on any atom is -0.342 e. The SMILES string of the molecule is CC1=CCC2C(C1)C1Cc3ccccc3[N+]1(C1CCCCC1)C=C1N=C(C(=O)NS(=O)(=O)N(C)C)CN12. The number of nitrogens with one attached hydrogen (secondary N) is 1. The van der Waals surface area contributed by atoms with Crippen molar-refractivity contribution >= 4 is 27.5 Å². The highest BCUT2D eigenvalue weighted by atomic mass is 32.2. The van der Waals surface area contributed by atoms with E-state index < -0.39 is 16.1 Å². The number of benzene rings is 1. The third-order valence-corrected chi connectivity index (χ3v) is 10.8. The van der Waals surface area contributed by atoms with Crippen LogP contribution < -0.4 is 9.21 Å². The maximum absolute atomic E-state index is 13.1. The minimum atomic E-state index is -3.89. The Hall–Kier alpha value is -2.49. The summed E-state index contributed by atoms with van der Waals surface area (Å²) in [5.41, 5.74) is 4.54. The fraction of sp³-hybridized carbons (Fsp3) is 0.571. The maximum atomic E-state index is 13.1. The van der Waals surface area contributed by atoms with Gasteiger partial charge in [-0.3, -0.25) is 9.28 Å². The number of rotatable bonds is 4. The lowest BCUT2D eigenvalue weighted by molar-refractivity contribution is -0.113. The van der Waals surface area contributed by atoms with Gasteiger partial charge in [-0.05, 0) is 38.7 Å². The summed E-state index contributed by atoms with van der Waals surface area (Å²) in [5, 5.41) is 0. The summed E-state index contributed by atoms with van der Waals surface area (Å²) in [6.45, 7) is 2.59. The molecule has 3 aliphatic heterocycles. The van der Waals surface area contributed by atoms with Crippen LogP contribution in [0.4, 0.5) is 5.69 Å². The molecular formula is C28H38N5O3S+. The average Bonchev–Trinajstić information content (AvgIpc) is 3.42. The van der Waals surface area contributed by atoms with Crippen LogP contribution in [0.5, 0.6) is 0 Å². The van der Waals surface area contributed by atoms with Crippen LogP contribution in [0.1, 0.15) is 57.4 Å².